The van der Waals surface area contributed by atoms with Crippen LogP contribution >= 0.6 is 0 Å². The Morgan fingerprint density at radius 3 is 2.47 bits per heavy atom. The molecule has 0 saturated carbocycles. The summed E-state index contributed by atoms with van der Waals surface area (Å²) in [4.78, 5) is 22.9. The molecule has 19 heavy (non-hydrogen) atoms. The molecule has 1 amide bonds. The molecule has 0 fully saturated rings. The predicted molar refractivity (Wildman–Crippen MR) is 71.2 cm³/mol. The van der Waals surface area contributed by atoms with Crippen LogP contribution in [-0.2, 0) is 4.79 Å². The van der Waals surface area contributed by atoms with E-state index in [1.165, 1.54) is 6.07 Å². The van der Waals surface area contributed by atoms with E-state index in [9.17, 15) is 14.7 Å². The van der Waals surface area contributed by atoms with Gasteiger partial charge in [0.2, 0.25) is 0 Å². The zero-order valence-electron chi connectivity index (χ0n) is 11.3. The summed E-state index contributed by atoms with van der Waals surface area (Å²) in [6.45, 7) is 5.35. The fourth-order valence-corrected chi connectivity index (χ4v) is 1.76. The molecular formula is C14H19NO4. The standard InChI is InChI=1S/C14H19NO4/c1-8(2)11(7-13(17)18)15-14(19)10-5-4-6-12(16)9(10)3/h4-6,8,11,16H,7H2,1-3H3,(H,15,19)(H,17,18)/t11-/m1/s1. The van der Waals surface area contributed by atoms with Crippen LogP contribution in [0.2, 0.25) is 0 Å². The Balaban J connectivity index is 2.88. The molecule has 0 saturated heterocycles. The van der Waals surface area contributed by atoms with Gasteiger partial charge in [-0.25, -0.2) is 0 Å². The van der Waals surface area contributed by atoms with Crippen LogP contribution in [0, 0.1) is 12.8 Å². The summed E-state index contributed by atoms with van der Waals surface area (Å²) < 4.78 is 0. The molecule has 5 heteroatoms. The molecule has 1 rings (SSSR count). The van der Waals surface area contributed by atoms with Gasteiger partial charge in [-0.05, 0) is 25.0 Å². The Labute approximate surface area is 112 Å². The Hall–Kier alpha value is -2.04. The molecule has 0 radical (unpaired) electrons. The number of aromatic hydroxyl groups is 1. The third kappa shape index (κ3) is 3.98. The minimum absolute atomic E-state index is 0.0117. The molecule has 5 nitrogen and oxygen atoms in total. The highest BCUT2D eigenvalue weighted by atomic mass is 16.4. The number of benzene rings is 1. The molecule has 1 aromatic rings. The van der Waals surface area contributed by atoms with Crippen molar-refractivity contribution in [2.24, 2.45) is 5.92 Å². The van der Waals surface area contributed by atoms with E-state index in [2.05, 4.69) is 5.32 Å². The van der Waals surface area contributed by atoms with E-state index in [1.807, 2.05) is 13.8 Å². The average molecular weight is 265 g/mol. The molecule has 104 valence electrons. The van der Waals surface area contributed by atoms with Gasteiger partial charge >= 0.3 is 5.97 Å². The summed E-state index contributed by atoms with van der Waals surface area (Å²) in [5.41, 5.74) is 0.842. The van der Waals surface area contributed by atoms with Crippen LogP contribution in [-0.4, -0.2) is 28.1 Å². The van der Waals surface area contributed by atoms with E-state index in [-0.39, 0.29) is 24.0 Å². The maximum absolute atomic E-state index is 12.1. The van der Waals surface area contributed by atoms with Crippen LogP contribution in [0.5, 0.6) is 5.75 Å². The van der Waals surface area contributed by atoms with Gasteiger partial charge in [-0.2, -0.15) is 0 Å². The van der Waals surface area contributed by atoms with Crippen LogP contribution < -0.4 is 5.32 Å². The number of carbonyl (C=O) groups excluding carboxylic acids is 1. The minimum Gasteiger partial charge on any atom is -0.508 e. The Bertz CT molecular complexity index is 482. The van der Waals surface area contributed by atoms with E-state index in [0.29, 0.717) is 11.1 Å². The number of carboxylic acid groups (broad SMARTS) is 1. The first kappa shape index (κ1) is 15.0. The first-order valence-electron chi connectivity index (χ1n) is 6.14. The summed E-state index contributed by atoms with van der Waals surface area (Å²) in [6, 6.07) is 4.25. The predicted octanol–water partition coefficient (Wildman–Crippen LogP) is 1.93. The van der Waals surface area contributed by atoms with Gasteiger partial charge in [-0.15, -0.1) is 0 Å². The summed E-state index contributed by atoms with van der Waals surface area (Å²) in [5, 5.41) is 21.1. The number of carboxylic acids is 1. The third-order valence-corrected chi connectivity index (χ3v) is 3.07. The van der Waals surface area contributed by atoms with Gasteiger partial charge in [0.05, 0.1) is 6.42 Å². The quantitative estimate of drug-likeness (QED) is 0.759. The number of phenolic OH excluding ortho intramolecular Hbond substituents is 1. The lowest BCUT2D eigenvalue weighted by atomic mass is 9.99. The number of carbonyl (C=O) groups is 2. The molecule has 0 aliphatic carbocycles. The Morgan fingerprint density at radius 1 is 1.32 bits per heavy atom. The minimum atomic E-state index is -0.952. The molecule has 0 aliphatic rings. The molecule has 0 unspecified atom stereocenters. The number of rotatable bonds is 5. The van der Waals surface area contributed by atoms with Crippen molar-refractivity contribution in [2.45, 2.75) is 33.2 Å². The van der Waals surface area contributed by atoms with Crippen LogP contribution in [0.4, 0.5) is 0 Å². The zero-order valence-corrected chi connectivity index (χ0v) is 11.3. The Morgan fingerprint density at radius 2 is 1.95 bits per heavy atom. The van der Waals surface area contributed by atoms with Gasteiger partial charge in [-0.3, -0.25) is 9.59 Å². The van der Waals surface area contributed by atoms with E-state index < -0.39 is 12.0 Å². The number of nitrogens with one attached hydrogen (secondary N) is 1. The first-order valence-corrected chi connectivity index (χ1v) is 6.14. The highest BCUT2D eigenvalue weighted by Gasteiger charge is 2.21. The first-order chi connectivity index (χ1) is 8.82. The number of aliphatic carboxylic acids is 1. The topological polar surface area (TPSA) is 86.6 Å². The molecule has 1 aromatic carbocycles. The second kappa shape index (κ2) is 6.22. The van der Waals surface area contributed by atoms with E-state index in [0.717, 1.165) is 0 Å². The second-order valence-electron chi connectivity index (χ2n) is 4.87. The van der Waals surface area contributed by atoms with E-state index in [4.69, 9.17) is 5.11 Å². The summed E-state index contributed by atoms with van der Waals surface area (Å²) in [5.74, 6) is -1.26. The van der Waals surface area contributed by atoms with Gasteiger partial charge < -0.3 is 15.5 Å². The number of amides is 1. The van der Waals surface area contributed by atoms with Crippen molar-refractivity contribution in [3.63, 3.8) is 0 Å². The van der Waals surface area contributed by atoms with Crippen molar-refractivity contribution in [1.82, 2.24) is 5.32 Å². The lowest BCUT2D eigenvalue weighted by Gasteiger charge is -2.21. The van der Waals surface area contributed by atoms with Crippen LogP contribution in [0.1, 0.15) is 36.2 Å². The summed E-state index contributed by atoms with van der Waals surface area (Å²) in [6.07, 6.45) is -0.124. The fourth-order valence-electron chi connectivity index (χ4n) is 1.76. The highest BCUT2D eigenvalue weighted by Crippen LogP contribution is 2.20. The van der Waals surface area contributed by atoms with Gasteiger partial charge in [0.25, 0.3) is 5.91 Å². The third-order valence-electron chi connectivity index (χ3n) is 3.07. The van der Waals surface area contributed by atoms with E-state index >= 15 is 0 Å². The molecule has 0 bridgehead atoms. The number of hydrogen-bond donors (Lipinski definition) is 3. The van der Waals surface area contributed by atoms with Gasteiger partial charge in [0, 0.05) is 17.2 Å². The Kier molecular flexibility index (Phi) is 4.92. The largest absolute Gasteiger partial charge is 0.508 e. The van der Waals surface area contributed by atoms with Crippen molar-refractivity contribution in [3.05, 3.63) is 29.3 Å². The van der Waals surface area contributed by atoms with Gasteiger partial charge in [-0.1, -0.05) is 19.9 Å². The SMILES string of the molecule is Cc1c(O)cccc1C(=O)N[C@H](CC(=O)O)C(C)C. The lowest BCUT2D eigenvalue weighted by Crippen LogP contribution is -2.40. The normalized spacial score (nSPS) is 12.2. The lowest BCUT2D eigenvalue weighted by molar-refractivity contribution is -0.137. The molecule has 0 spiro atoms. The van der Waals surface area contributed by atoms with Crippen molar-refractivity contribution in [1.29, 1.82) is 0 Å². The highest BCUT2D eigenvalue weighted by molar-refractivity contribution is 5.96. The summed E-state index contributed by atoms with van der Waals surface area (Å²) >= 11 is 0. The number of hydrogen-bond acceptors (Lipinski definition) is 3. The molecular weight excluding hydrogens is 246 g/mol. The van der Waals surface area contributed by atoms with E-state index in [1.54, 1.807) is 19.1 Å². The van der Waals surface area contributed by atoms with Crippen LogP contribution in [0.3, 0.4) is 0 Å². The van der Waals surface area contributed by atoms with Crippen molar-refractivity contribution >= 4 is 11.9 Å². The van der Waals surface area contributed by atoms with Crippen molar-refractivity contribution < 1.29 is 19.8 Å². The maximum atomic E-state index is 12.1. The molecule has 1 atom stereocenters. The smallest absolute Gasteiger partial charge is 0.305 e. The monoisotopic (exact) mass is 265 g/mol. The summed E-state index contributed by atoms with van der Waals surface area (Å²) in [7, 11) is 0. The molecule has 0 aromatic heterocycles. The fraction of sp³-hybridized carbons (Fsp3) is 0.429. The maximum Gasteiger partial charge on any atom is 0.305 e. The zero-order chi connectivity index (χ0) is 14.6. The number of phenols is 1. The average Bonchev–Trinajstić information content (AvgIpc) is 2.31. The van der Waals surface area contributed by atoms with Gasteiger partial charge in [0.15, 0.2) is 0 Å². The molecule has 0 aliphatic heterocycles. The van der Waals surface area contributed by atoms with Gasteiger partial charge in [0.1, 0.15) is 5.75 Å². The van der Waals surface area contributed by atoms with Crippen molar-refractivity contribution in [2.75, 3.05) is 0 Å². The molecule has 0 heterocycles. The van der Waals surface area contributed by atoms with Crippen LogP contribution in [0.15, 0.2) is 18.2 Å². The second-order valence-corrected chi connectivity index (χ2v) is 4.87. The van der Waals surface area contributed by atoms with Crippen LogP contribution in [0.25, 0.3) is 0 Å². The van der Waals surface area contributed by atoms with Crippen molar-refractivity contribution in [3.8, 4) is 5.75 Å². The molecule has 3 N–H and O–H groups in total.